The molecule has 0 fully saturated rings. The zero-order valence-electron chi connectivity index (χ0n) is 9.42. The minimum absolute atomic E-state index is 0.134. The van der Waals surface area contributed by atoms with Crippen molar-refractivity contribution in [1.82, 2.24) is 10.2 Å². The second kappa shape index (κ2) is 5.97. The number of amides is 1. The van der Waals surface area contributed by atoms with E-state index in [2.05, 4.69) is 26.1 Å². The average molecular weight is 186 g/mol. The third kappa shape index (κ3) is 4.88. The van der Waals surface area contributed by atoms with E-state index in [0.717, 1.165) is 6.42 Å². The van der Waals surface area contributed by atoms with Gasteiger partial charge in [-0.2, -0.15) is 0 Å². The van der Waals surface area contributed by atoms with Crippen molar-refractivity contribution in [2.24, 2.45) is 5.92 Å². The molecule has 0 heterocycles. The number of likely N-dealkylation sites (N-methyl/N-ethyl adjacent to an activating group) is 1. The van der Waals surface area contributed by atoms with Crippen molar-refractivity contribution < 1.29 is 4.79 Å². The molecule has 3 nitrogen and oxygen atoms in total. The van der Waals surface area contributed by atoms with Gasteiger partial charge in [0.15, 0.2) is 0 Å². The molecule has 0 aliphatic rings. The van der Waals surface area contributed by atoms with E-state index in [4.69, 9.17) is 0 Å². The molecule has 0 aliphatic heterocycles. The first kappa shape index (κ1) is 12.4. The van der Waals surface area contributed by atoms with Gasteiger partial charge >= 0.3 is 0 Å². The van der Waals surface area contributed by atoms with Crippen LogP contribution in [0.25, 0.3) is 0 Å². The van der Waals surface area contributed by atoms with Crippen LogP contribution < -0.4 is 5.32 Å². The highest BCUT2D eigenvalue weighted by molar-refractivity contribution is 5.77. The van der Waals surface area contributed by atoms with Gasteiger partial charge in [-0.3, -0.25) is 4.79 Å². The van der Waals surface area contributed by atoms with Crippen LogP contribution in [0.3, 0.4) is 0 Å². The Kier molecular flexibility index (Phi) is 5.71. The predicted molar refractivity (Wildman–Crippen MR) is 55.6 cm³/mol. The molecule has 0 radical (unpaired) electrons. The van der Waals surface area contributed by atoms with Gasteiger partial charge in [0.2, 0.25) is 5.91 Å². The van der Waals surface area contributed by atoms with Crippen molar-refractivity contribution >= 4 is 5.91 Å². The number of carbonyl (C=O) groups is 1. The van der Waals surface area contributed by atoms with Crippen LogP contribution in [-0.4, -0.2) is 37.5 Å². The zero-order chi connectivity index (χ0) is 10.4. The Morgan fingerprint density at radius 1 is 1.38 bits per heavy atom. The summed E-state index contributed by atoms with van der Waals surface area (Å²) in [4.78, 5) is 12.8. The fourth-order valence-electron chi connectivity index (χ4n) is 0.961. The molecule has 1 amide bonds. The normalized spacial score (nSPS) is 15.2. The zero-order valence-corrected chi connectivity index (χ0v) is 9.42. The van der Waals surface area contributed by atoms with Gasteiger partial charge in [0.05, 0.1) is 6.54 Å². The van der Waals surface area contributed by atoms with Crippen LogP contribution in [0.2, 0.25) is 0 Å². The van der Waals surface area contributed by atoms with Crippen LogP contribution in [0, 0.1) is 5.92 Å². The first-order valence-corrected chi connectivity index (χ1v) is 4.92. The molecule has 0 aromatic heterocycles. The van der Waals surface area contributed by atoms with Gasteiger partial charge in [0.25, 0.3) is 0 Å². The second-order valence-electron chi connectivity index (χ2n) is 3.84. The molecule has 0 saturated heterocycles. The standard InChI is InChI=1S/C10H22N2O/c1-6-8(2)9(3)11-7-10(13)12(4)5/h8-9,11H,6-7H2,1-5H3/t8-,9+/m0/s1. The Hall–Kier alpha value is -0.570. The van der Waals surface area contributed by atoms with Crippen LogP contribution >= 0.6 is 0 Å². The fourth-order valence-corrected chi connectivity index (χ4v) is 0.961. The summed E-state index contributed by atoms with van der Waals surface area (Å²) in [5, 5.41) is 3.22. The maximum atomic E-state index is 11.2. The molecule has 0 aliphatic carbocycles. The van der Waals surface area contributed by atoms with E-state index in [1.807, 2.05) is 0 Å². The van der Waals surface area contributed by atoms with Crippen molar-refractivity contribution in [3.05, 3.63) is 0 Å². The van der Waals surface area contributed by atoms with E-state index in [9.17, 15) is 4.79 Å². The number of nitrogens with one attached hydrogen (secondary N) is 1. The van der Waals surface area contributed by atoms with E-state index < -0.39 is 0 Å². The van der Waals surface area contributed by atoms with E-state index in [0.29, 0.717) is 18.5 Å². The van der Waals surface area contributed by atoms with E-state index in [1.165, 1.54) is 0 Å². The highest BCUT2D eigenvalue weighted by atomic mass is 16.2. The number of nitrogens with zero attached hydrogens (tertiary/aromatic N) is 1. The van der Waals surface area contributed by atoms with Gasteiger partial charge in [0, 0.05) is 20.1 Å². The van der Waals surface area contributed by atoms with Crippen molar-refractivity contribution in [2.45, 2.75) is 33.2 Å². The molecule has 0 aromatic carbocycles. The highest BCUT2D eigenvalue weighted by Gasteiger charge is 2.11. The van der Waals surface area contributed by atoms with Gasteiger partial charge in [-0.05, 0) is 12.8 Å². The third-order valence-corrected chi connectivity index (χ3v) is 2.57. The molecular weight excluding hydrogens is 164 g/mol. The Morgan fingerprint density at radius 2 is 1.92 bits per heavy atom. The summed E-state index contributed by atoms with van der Waals surface area (Å²) in [5.41, 5.74) is 0. The number of carbonyl (C=O) groups excluding carboxylic acids is 1. The Bertz CT molecular complexity index is 157. The van der Waals surface area contributed by atoms with Gasteiger partial charge in [-0.25, -0.2) is 0 Å². The van der Waals surface area contributed by atoms with Gasteiger partial charge in [-0.1, -0.05) is 20.3 Å². The Balaban J connectivity index is 3.69. The van der Waals surface area contributed by atoms with Crippen LogP contribution in [0.1, 0.15) is 27.2 Å². The lowest BCUT2D eigenvalue weighted by molar-refractivity contribution is -0.127. The Labute approximate surface area is 81.5 Å². The number of hydrogen-bond donors (Lipinski definition) is 1. The summed E-state index contributed by atoms with van der Waals surface area (Å²) in [7, 11) is 3.55. The number of rotatable bonds is 5. The molecule has 0 bridgehead atoms. The second-order valence-corrected chi connectivity index (χ2v) is 3.84. The lowest BCUT2D eigenvalue weighted by Gasteiger charge is -2.20. The van der Waals surface area contributed by atoms with Gasteiger partial charge < -0.3 is 10.2 Å². The summed E-state index contributed by atoms with van der Waals surface area (Å²) >= 11 is 0. The lowest BCUT2D eigenvalue weighted by atomic mass is 10.0. The summed E-state index contributed by atoms with van der Waals surface area (Å²) in [5.74, 6) is 0.755. The molecule has 0 spiro atoms. The van der Waals surface area contributed by atoms with Crippen LogP contribution in [0.5, 0.6) is 0 Å². The fraction of sp³-hybridized carbons (Fsp3) is 0.900. The molecule has 0 saturated carbocycles. The van der Waals surface area contributed by atoms with Crippen molar-refractivity contribution in [3.8, 4) is 0 Å². The highest BCUT2D eigenvalue weighted by Crippen LogP contribution is 2.05. The molecule has 13 heavy (non-hydrogen) atoms. The molecule has 0 rings (SSSR count). The van der Waals surface area contributed by atoms with Crippen molar-refractivity contribution in [1.29, 1.82) is 0 Å². The first-order chi connectivity index (χ1) is 5.99. The van der Waals surface area contributed by atoms with E-state index in [-0.39, 0.29) is 5.91 Å². The third-order valence-electron chi connectivity index (χ3n) is 2.57. The molecule has 0 aromatic rings. The Morgan fingerprint density at radius 3 is 2.31 bits per heavy atom. The van der Waals surface area contributed by atoms with Crippen LogP contribution in [0.15, 0.2) is 0 Å². The summed E-state index contributed by atoms with van der Waals surface area (Å²) in [6, 6.07) is 0.411. The van der Waals surface area contributed by atoms with Crippen LogP contribution in [-0.2, 0) is 4.79 Å². The van der Waals surface area contributed by atoms with Crippen molar-refractivity contribution in [2.75, 3.05) is 20.6 Å². The van der Waals surface area contributed by atoms with E-state index in [1.54, 1.807) is 19.0 Å². The maximum absolute atomic E-state index is 11.2. The minimum Gasteiger partial charge on any atom is -0.348 e. The SMILES string of the molecule is CC[C@H](C)[C@@H](C)NCC(=O)N(C)C. The quantitative estimate of drug-likeness (QED) is 0.697. The molecule has 78 valence electrons. The van der Waals surface area contributed by atoms with Gasteiger partial charge in [-0.15, -0.1) is 0 Å². The largest absolute Gasteiger partial charge is 0.348 e. The molecular formula is C10H22N2O. The van der Waals surface area contributed by atoms with Crippen LogP contribution in [0.4, 0.5) is 0 Å². The lowest BCUT2D eigenvalue weighted by Crippen LogP contribution is -2.39. The molecule has 1 N–H and O–H groups in total. The van der Waals surface area contributed by atoms with E-state index >= 15 is 0 Å². The molecule has 0 unspecified atom stereocenters. The molecule has 3 heteroatoms. The molecule has 2 atom stereocenters. The predicted octanol–water partition coefficient (Wildman–Crippen LogP) is 1.10. The van der Waals surface area contributed by atoms with Gasteiger partial charge in [0.1, 0.15) is 0 Å². The number of hydrogen-bond acceptors (Lipinski definition) is 2. The minimum atomic E-state index is 0.134. The monoisotopic (exact) mass is 186 g/mol. The van der Waals surface area contributed by atoms with Crippen molar-refractivity contribution in [3.63, 3.8) is 0 Å². The summed E-state index contributed by atoms with van der Waals surface area (Å²) in [6.07, 6.45) is 1.14. The maximum Gasteiger partial charge on any atom is 0.236 e. The average Bonchev–Trinajstić information content (AvgIpc) is 2.11. The topological polar surface area (TPSA) is 32.3 Å². The summed E-state index contributed by atoms with van der Waals surface area (Å²) < 4.78 is 0. The summed E-state index contributed by atoms with van der Waals surface area (Å²) in [6.45, 7) is 6.92. The first-order valence-electron chi connectivity index (χ1n) is 4.92. The smallest absolute Gasteiger partial charge is 0.236 e.